The van der Waals surface area contributed by atoms with E-state index in [0.29, 0.717) is 30.4 Å². The quantitative estimate of drug-likeness (QED) is 0.476. The standard InChI is InChI=1S/C13H24O2/c1-6-12(5)13(14)15-8-7-11(4)9-10(2)3/h10-11H,5-9H2,1-4H3. The van der Waals surface area contributed by atoms with Gasteiger partial charge in [-0.2, -0.15) is 0 Å². The zero-order valence-corrected chi connectivity index (χ0v) is 10.5. The number of ether oxygens (including phenoxy) is 1. The zero-order chi connectivity index (χ0) is 11.8. The maximum Gasteiger partial charge on any atom is 0.333 e. The number of esters is 1. The molecule has 15 heavy (non-hydrogen) atoms. The number of carbonyl (C=O) groups is 1. The second-order valence-electron chi connectivity index (χ2n) is 4.62. The highest BCUT2D eigenvalue weighted by Crippen LogP contribution is 2.14. The molecule has 0 aromatic rings. The summed E-state index contributed by atoms with van der Waals surface area (Å²) in [5, 5.41) is 0. The first-order chi connectivity index (χ1) is 6.97. The van der Waals surface area contributed by atoms with Crippen LogP contribution in [0.5, 0.6) is 0 Å². The van der Waals surface area contributed by atoms with Crippen LogP contribution in [0.1, 0.15) is 47.0 Å². The van der Waals surface area contributed by atoms with Gasteiger partial charge in [-0.3, -0.25) is 0 Å². The van der Waals surface area contributed by atoms with Crippen molar-refractivity contribution in [2.45, 2.75) is 47.0 Å². The average molecular weight is 212 g/mol. The van der Waals surface area contributed by atoms with E-state index in [2.05, 4.69) is 27.4 Å². The largest absolute Gasteiger partial charge is 0.462 e. The van der Waals surface area contributed by atoms with E-state index < -0.39 is 0 Å². The third kappa shape index (κ3) is 7.18. The lowest BCUT2D eigenvalue weighted by molar-refractivity contribution is -0.139. The predicted octanol–water partition coefficient (Wildman–Crippen LogP) is 3.57. The fourth-order valence-corrected chi connectivity index (χ4v) is 1.52. The normalized spacial score (nSPS) is 12.6. The van der Waals surface area contributed by atoms with Crippen molar-refractivity contribution in [3.63, 3.8) is 0 Å². The van der Waals surface area contributed by atoms with Crippen LogP contribution in [-0.4, -0.2) is 12.6 Å². The molecule has 2 heteroatoms. The molecule has 2 nitrogen and oxygen atoms in total. The fourth-order valence-electron chi connectivity index (χ4n) is 1.52. The van der Waals surface area contributed by atoms with Crippen molar-refractivity contribution in [2.24, 2.45) is 11.8 Å². The highest BCUT2D eigenvalue weighted by molar-refractivity contribution is 5.87. The molecule has 0 fully saturated rings. The first-order valence-corrected chi connectivity index (χ1v) is 5.82. The van der Waals surface area contributed by atoms with Crippen LogP contribution in [0.4, 0.5) is 0 Å². The summed E-state index contributed by atoms with van der Waals surface area (Å²) in [5.74, 6) is 1.09. The van der Waals surface area contributed by atoms with Gasteiger partial charge in [-0.25, -0.2) is 4.79 Å². The van der Waals surface area contributed by atoms with Crippen LogP contribution in [-0.2, 0) is 9.53 Å². The third-order valence-corrected chi connectivity index (χ3v) is 2.43. The second kappa shape index (κ2) is 7.49. The van der Waals surface area contributed by atoms with Crippen LogP contribution in [0.2, 0.25) is 0 Å². The molecule has 0 spiro atoms. The van der Waals surface area contributed by atoms with E-state index in [9.17, 15) is 4.79 Å². The first-order valence-electron chi connectivity index (χ1n) is 5.82. The van der Waals surface area contributed by atoms with Crippen LogP contribution in [0, 0.1) is 11.8 Å². The molecule has 0 aliphatic carbocycles. The molecule has 0 rings (SSSR count). The zero-order valence-electron chi connectivity index (χ0n) is 10.5. The number of carbonyl (C=O) groups excluding carboxylic acids is 1. The monoisotopic (exact) mass is 212 g/mol. The van der Waals surface area contributed by atoms with E-state index in [1.807, 2.05) is 6.92 Å². The summed E-state index contributed by atoms with van der Waals surface area (Å²) in [6, 6.07) is 0. The summed E-state index contributed by atoms with van der Waals surface area (Å²) in [5.41, 5.74) is 0.562. The molecule has 0 aliphatic heterocycles. The highest BCUT2D eigenvalue weighted by Gasteiger charge is 2.08. The highest BCUT2D eigenvalue weighted by atomic mass is 16.5. The van der Waals surface area contributed by atoms with Gasteiger partial charge in [0.2, 0.25) is 0 Å². The molecule has 88 valence electrons. The summed E-state index contributed by atoms with van der Waals surface area (Å²) in [6.45, 7) is 12.7. The third-order valence-electron chi connectivity index (χ3n) is 2.43. The SMILES string of the molecule is C=C(CC)C(=O)OCCC(C)CC(C)C. The number of hydrogen-bond acceptors (Lipinski definition) is 2. The number of rotatable bonds is 7. The summed E-state index contributed by atoms with van der Waals surface area (Å²) in [4.78, 5) is 11.3. The Morgan fingerprint density at radius 2 is 1.93 bits per heavy atom. The Hall–Kier alpha value is -0.790. The van der Waals surface area contributed by atoms with Crippen molar-refractivity contribution >= 4 is 5.97 Å². The Kier molecular flexibility index (Phi) is 7.10. The smallest absolute Gasteiger partial charge is 0.333 e. The molecule has 0 saturated heterocycles. The van der Waals surface area contributed by atoms with Gasteiger partial charge in [0.25, 0.3) is 0 Å². The molecule has 0 heterocycles. The molecule has 1 unspecified atom stereocenters. The van der Waals surface area contributed by atoms with E-state index in [0.717, 1.165) is 6.42 Å². The van der Waals surface area contributed by atoms with Crippen molar-refractivity contribution in [2.75, 3.05) is 6.61 Å². The van der Waals surface area contributed by atoms with Gasteiger partial charge >= 0.3 is 5.97 Å². The minimum absolute atomic E-state index is 0.241. The summed E-state index contributed by atoms with van der Waals surface area (Å²) in [6.07, 6.45) is 2.80. The summed E-state index contributed by atoms with van der Waals surface area (Å²) >= 11 is 0. The van der Waals surface area contributed by atoms with Crippen molar-refractivity contribution < 1.29 is 9.53 Å². The lowest BCUT2D eigenvalue weighted by Gasteiger charge is -2.13. The van der Waals surface area contributed by atoms with Crippen LogP contribution >= 0.6 is 0 Å². The van der Waals surface area contributed by atoms with Gasteiger partial charge in [-0.1, -0.05) is 34.3 Å². The minimum Gasteiger partial charge on any atom is -0.462 e. The second-order valence-corrected chi connectivity index (χ2v) is 4.62. The first kappa shape index (κ1) is 14.2. The Bertz CT molecular complexity index is 207. The molecule has 0 saturated carbocycles. The molecule has 0 aromatic carbocycles. The van der Waals surface area contributed by atoms with Gasteiger partial charge < -0.3 is 4.74 Å². The maximum absolute atomic E-state index is 11.3. The van der Waals surface area contributed by atoms with Crippen LogP contribution in [0.25, 0.3) is 0 Å². The van der Waals surface area contributed by atoms with E-state index >= 15 is 0 Å². The lowest BCUT2D eigenvalue weighted by Crippen LogP contribution is -2.11. The molecule has 0 aromatic heterocycles. The Labute approximate surface area is 93.7 Å². The molecule has 1 atom stereocenters. The van der Waals surface area contributed by atoms with Crippen LogP contribution < -0.4 is 0 Å². The van der Waals surface area contributed by atoms with Crippen molar-refractivity contribution in [3.8, 4) is 0 Å². The lowest BCUT2D eigenvalue weighted by atomic mass is 9.96. The van der Waals surface area contributed by atoms with E-state index in [4.69, 9.17) is 4.74 Å². The predicted molar refractivity (Wildman–Crippen MR) is 63.6 cm³/mol. The maximum atomic E-state index is 11.3. The Morgan fingerprint density at radius 3 is 2.40 bits per heavy atom. The molecule has 0 bridgehead atoms. The molecule has 0 radical (unpaired) electrons. The van der Waals surface area contributed by atoms with Gasteiger partial charge in [-0.05, 0) is 31.1 Å². The molecular formula is C13H24O2. The topological polar surface area (TPSA) is 26.3 Å². The molecule has 0 amide bonds. The van der Waals surface area contributed by atoms with Gasteiger partial charge in [-0.15, -0.1) is 0 Å². The van der Waals surface area contributed by atoms with Gasteiger partial charge in [0.05, 0.1) is 6.61 Å². The van der Waals surface area contributed by atoms with Crippen LogP contribution in [0.15, 0.2) is 12.2 Å². The molecule has 0 N–H and O–H groups in total. The van der Waals surface area contributed by atoms with E-state index in [1.54, 1.807) is 0 Å². The van der Waals surface area contributed by atoms with Gasteiger partial charge in [0, 0.05) is 5.57 Å². The van der Waals surface area contributed by atoms with Crippen molar-refractivity contribution in [1.29, 1.82) is 0 Å². The number of hydrogen-bond donors (Lipinski definition) is 0. The molecule has 0 aliphatic rings. The van der Waals surface area contributed by atoms with Gasteiger partial charge in [0.15, 0.2) is 0 Å². The Morgan fingerprint density at radius 1 is 1.33 bits per heavy atom. The Balaban J connectivity index is 3.61. The minimum atomic E-state index is -0.241. The van der Waals surface area contributed by atoms with Crippen LogP contribution in [0.3, 0.4) is 0 Å². The van der Waals surface area contributed by atoms with E-state index in [-0.39, 0.29) is 5.97 Å². The summed E-state index contributed by atoms with van der Waals surface area (Å²) < 4.78 is 5.11. The summed E-state index contributed by atoms with van der Waals surface area (Å²) in [7, 11) is 0. The molecular weight excluding hydrogens is 188 g/mol. The van der Waals surface area contributed by atoms with E-state index in [1.165, 1.54) is 6.42 Å². The van der Waals surface area contributed by atoms with Crippen molar-refractivity contribution in [1.82, 2.24) is 0 Å². The average Bonchev–Trinajstić information content (AvgIpc) is 2.15. The van der Waals surface area contributed by atoms with Gasteiger partial charge in [0.1, 0.15) is 0 Å². The van der Waals surface area contributed by atoms with Crippen molar-refractivity contribution in [3.05, 3.63) is 12.2 Å². The fraction of sp³-hybridized carbons (Fsp3) is 0.769.